The molecule has 1 aromatic carbocycles. The topological polar surface area (TPSA) is 73.4 Å². The smallest absolute Gasteiger partial charge is 0.289 e. The zero-order valence-electron chi connectivity index (χ0n) is 14.5. The van der Waals surface area contributed by atoms with Gasteiger partial charge in [-0.3, -0.25) is 4.79 Å². The van der Waals surface area contributed by atoms with Gasteiger partial charge in [-0.2, -0.15) is 5.26 Å². The highest BCUT2D eigenvalue weighted by atomic mass is 16.3. The predicted octanol–water partition coefficient (Wildman–Crippen LogP) is 2.97. The van der Waals surface area contributed by atoms with Crippen LogP contribution in [0.4, 0.5) is 5.82 Å². The summed E-state index contributed by atoms with van der Waals surface area (Å²) in [5.74, 6) is 1.15. The summed E-state index contributed by atoms with van der Waals surface area (Å²) in [4.78, 5) is 21.3. The van der Waals surface area contributed by atoms with Gasteiger partial charge < -0.3 is 14.2 Å². The minimum atomic E-state index is -0.114. The molecule has 6 heteroatoms. The Morgan fingerprint density at radius 1 is 1.15 bits per heavy atom. The van der Waals surface area contributed by atoms with E-state index < -0.39 is 0 Å². The summed E-state index contributed by atoms with van der Waals surface area (Å²) in [6, 6.07) is 14.9. The van der Waals surface area contributed by atoms with Crippen LogP contribution in [0, 0.1) is 18.3 Å². The molecule has 1 fully saturated rings. The molecule has 1 saturated heterocycles. The Labute approximate surface area is 151 Å². The number of hydrogen-bond acceptors (Lipinski definition) is 5. The average molecular weight is 346 g/mol. The summed E-state index contributed by atoms with van der Waals surface area (Å²) < 4.78 is 5.68. The lowest BCUT2D eigenvalue weighted by molar-refractivity contribution is 0.0717. The molecule has 1 aliphatic rings. The van der Waals surface area contributed by atoms with Crippen LogP contribution in [0.5, 0.6) is 0 Å². The highest BCUT2D eigenvalue weighted by Gasteiger charge is 2.25. The molecule has 4 rings (SSSR count). The molecule has 3 aromatic rings. The number of nitrogens with zero attached hydrogens (tertiary/aromatic N) is 4. The van der Waals surface area contributed by atoms with Crippen LogP contribution in [-0.2, 0) is 0 Å². The maximum Gasteiger partial charge on any atom is 0.289 e. The molecule has 130 valence electrons. The first kappa shape index (κ1) is 16.2. The van der Waals surface area contributed by atoms with Crippen molar-refractivity contribution in [1.82, 2.24) is 9.88 Å². The number of anilines is 1. The minimum Gasteiger partial charge on any atom is -0.451 e. The Hall–Kier alpha value is -3.33. The SMILES string of the molecule is Cc1cccc(N2CCN(C(=O)c3cc4cc(C#N)ccc4o3)CC2)n1. The van der Waals surface area contributed by atoms with E-state index in [0.717, 1.165) is 30.0 Å². The van der Waals surface area contributed by atoms with Crippen LogP contribution in [0.15, 0.2) is 46.9 Å². The van der Waals surface area contributed by atoms with Gasteiger partial charge in [0.1, 0.15) is 11.4 Å². The van der Waals surface area contributed by atoms with Crippen LogP contribution in [0.1, 0.15) is 21.8 Å². The van der Waals surface area contributed by atoms with E-state index in [2.05, 4.69) is 16.0 Å². The molecule has 0 unspecified atom stereocenters. The van der Waals surface area contributed by atoms with Gasteiger partial charge in [0.2, 0.25) is 0 Å². The predicted molar refractivity (Wildman–Crippen MR) is 98.0 cm³/mol. The molecule has 1 amide bonds. The fourth-order valence-corrected chi connectivity index (χ4v) is 3.22. The summed E-state index contributed by atoms with van der Waals surface area (Å²) in [6.45, 7) is 4.69. The van der Waals surface area contributed by atoms with Crippen molar-refractivity contribution in [3.05, 3.63) is 59.5 Å². The zero-order chi connectivity index (χ0) is 18.1. The molecular weight excluding hydrogens is 328 g/mol. The normalized spacial score (nSPS) is 14.5. The van der Waals surface area contributed by atoms with E-state index in [1.54, 1.807) is 29.2 Å². The van der Waals surface area contributed by atoms with Gasteiger partial charge >= 0.3 is 0 Å². The van der Waals surface area contributed by atoms with Gasteiger partial charge in [-0.05, 0) is 43.3 Å². The van der Waals surface area contributed by atoms with Crippen molar-refractivity contribution in [3.8, 4) is 6.07 Å². The highest BCUT2D eigenvalue weighted by Crippen LogP contribution is 2.22. The molecule has 0 atom stereocenters. The zero-order valence-corrected chi connectivity index (χ0v) is 14.5. The summed E-state index contributed by atoms with van der Waals surface area (Å²) in [5, 5.41) is 9.76. The molecule has 0 aliphatic carbocycles. The first-order valence-corrected chi connectivity index (χ1v) is 8.55. The van der Waals surface area contributed by atoms with Gasteiger partial charge in [-0.15, -0.1) is 0 Å². The third kappa shape index (κ3) is 3.00. The Kier molecular flexibility index (Phi) is 4.05. The summed E-state index contributed by atoms with van der Waals surface area (Å²) >= 11 is 0. The van der Waals surface area contributed by atoms with Crippen molar-refractivity contribution in [2.45, 2.75) is 6.92 Å². The van der Waals surface area contributed by atoms with Crippen LogP contribution in [0.25, 0.3) is 11.0 Å². The van der Waals surface area contributed by atoms with Crippen LogP contribution in [-0.4, -0.2) is 42.0 Å². The van der Waals surface area contributed by atoms with Crippen molar-refractivity contribution >= 4 is 22.7 Å². The molecule has 1 aliphatic heterocycles. The van der Waals surface area contributed by atoms with E-state index in [1.807, 2.05) is 25.1 Å². The molecule has 26 heavy (non-hydrogen) atoms. The maximum atomic E-state index is 12.8. The molecule has 0 bridgehead atoms. The first-order chi connectivity index (χ1) is 12.6. The summed E-state index contributed by atoms with van der Waals surface area (Å²) in [6.07, 6.45) is 0. The van der Waals surface area contributed by atoms with E-state index in [-0.39, 0.29) is 5.91 Å². The van der Waals surface area contributed by atoms with Crippen molar-refractivity contribution in [3.63, 3.8) is 0 Å². The Balaban J connectivity index is 1.47. The number of benzene rings is 1. The lowest BCUT2D eigenvalue weighted by Crippen LogP contribution is -2.49. The van der Waals surface area contributed by atoms with E-state index in [0.29, 0.717) is 30.0 Å². The van der Waals surface area contributed by atoms with Crippen LogP contribution < -0.4 is 4.90 Å². The largest absolute Gasteiger partial charge is 0.451 e. The van der Waals surface area contributed by atoms with Crippen molar-refractivity contribution < 1.29 is 9.21 Å². The fourth-order valence-electron chi connectivity index (χ4n) is 3.22. The number of pyridine rings is 1. The number of nitriles is 1. The van der Waals surface area contributed by atoms with Gasteiger partial charge in [0.25, 0.3) is 5.91 Å². The number of amides is 1. The van der Waals surface area contributed by atoms with Crippen LogP contribution in [0.2, 0.25) is 0 Å². The van der Waals surface area contributed by atoms with E-state index >= 15 is 0 Å². The molecule has 0 N–H and O–H groups in total. The number of rotatable bonds is 2. The van der Waals surface area contributed by atoms with Gasteiger partial charge in [0.05, 0.1) is 11.6 Å². The standard InChI is InChI=1S/C20H18N4O2/c1-14-3-2-4-19(22-14)23-7-9-24(10-8-23)20(25)18-12-16-11-15(13-21)5-6-17(16)26-18/h2-6,11-12H,7-10H2,1H3. The second kappa shape index (κ2) is 6.52. The maximum absolute atomic E-state index is 12.8. The van der Waals surface area contributed by atoms with Gasteiger partial charge in [0, 0.05) is 37.3 Å². The van der Waals surface area contributed by atoms with Gasteiger partial charge in [-0.25, -0.2) is 4.98 Å². The van der Waals surface area contributed by atoms with Crippen molar-refractivity contribution in [1.29, 1.82) is 5.26 Å². The Morgan fingerprint density at radius 3 is 2.69 bits per heavy atom. The minimum absolute atomic E-state index is 0.114. The molecular formula is C20H18N4O2. The number of aryl methyl sites for hydroxylation is 1. The third-order valence-corrected chi connectivity index (χ3v) is 4.62. The molecule has 0 spiro atoms. The number of carbonyl (C=O) groups excluding carboxylic acids is 1. The molecule has 0 saturated carbocycles. The second-order valence-electron chi connectivity index (χ2n) is 6.39. The lowest BCUT2D eigenvalue weighted by atomic mass is 10.2. The number of piperazine rings is 1. The van der Waals surface area contributed by atoms with E-state index in [1.165, 1.54) is 0 Å². The molecule has 3 heterocycles. The number of aromatic nitrogens is 1. The number of furan rings is 1. The average Bonchev–Trinajstić information content (AvgIpc) is 3.10. The number of carbonyl (C=O) groups is 1. The Bertz CT molecular complexity index is 1010. The fraction of sp³-hybridized carbons (Fsp3) is 0.250. The summed E-state index contributed by atoms with van der Waals surface area (Å²) in [5.41, 5.74) is 2.16. The van der Waals surface area contributed by atoms with E-state index in [4.69, 9.17) is 9.68 Å². The number of fused-ring (bicyclic) bond motifs is 1. The second-order valence-corrected chi connectivity index (χ2v) is 6.39. The van der Waals surface area contributed by atoms with Gasteiger partial charge in [0.15, 0.2) is 5.76 Å². The monoisotopic (exact) mass is 346 g/mol. The van der Waals surface area contributed by atoms with Crippen molar-refractivity contribution in [2.24, 2.45) is 0 Å². The first-order valence-electron chi connectivity index (χ1n) is 8.55. The molecule has 6 nitrogen and oxygen atoms in total. The van der Waals surface area contributed by atoms with Gasteiger partial charge in [-0.1, -0.05) is 6.07 Å². The quantitative estimate of drug-likeness (QED) is 0.713. The van der Waals surface area contributed by atoms with Crippen molar-refractivity contribution in [2.75, 3.05) is 31.1 Å². The highest BCUT2D eigenvalue weighted by molar-refractivity contribution is 5.96. The van der Waals surface area contributed by atoms with Crippen LogP contribution >= 0.6 is 0 Å². The number of hydrogen-bond donors (Lipinski definition) is 0. The third-order valence-electron chi connectivity index (χ3n) is 4.62. The lowest BCUT2D eigenvalue weighted by Gasteiger charge is -2.35. The summed E-state index contributed by atoms with van der Waals surface area (Å²) in [7, 11) is 0. The Morgan fingerprint density at radius 2 is 1.96 bits per heavy atom. The van der Waals surface area contributed by atoms with E-state index in [9.17, 15) is 4.79 Å². The molecule has 2 aromatic heterocycles. The van der Waals surface area contributed by atoms with Crippen LogP contribution in [0.3, 0.4) is 0 Å². The molecule has 0 radical (unpaired) electrons.